The summed E-state index contributed by atoms with van der Waals surface area (Å²) in [6, 6.07) is 4.96. The zero-order valence-electron chi connectivity index (χ0n) is 8.60. The van der Waals surface area contributed by atoms with Crippen LogP contribution in [0.2, 0.25) is 0 Å². The van der Waals surface area contributed by atoms with E-state index >= 15 is 0 Å². The number of rotatable bonds is 2. The van der Waals surface area contributed by atoms with Crippen LogP contribution in [0.3, 0.4) is 0 Å². The molecule has 2 aromatic rings. The molecule has 0 aliphatic carbocycles. The van der Waals surface area contributed by atoms with Crippen LogP contribution in [-0.4, -0.2) is 16.2 Å². The van der Waals surface area contributed by atoms with E-state index in [1.54, 1.807) is 25.1 Å². The quantitative estimate of drug-likeness (QED) is 0.760. The average Bonchev–Trinajstić information content (AvgIpc) is 2.54. The highest BCUT2D eigenvalue weighted by Crippen LogP contribution is 2.32. The monoisotopic (exact) mass is 218 g/mol. The number of aliphatic carboxylic acids is 1. The van der Waals surface area contributed by atoms with Crippen LogP contribution in [0.4, 0.5) is 0 Å². The Labute approximate surface area is 91.4 Å². The van der Waals surface area contributed by atoms with Crippen molar-refractivity contribution in [1.29, 1.82) is 0 Å². The minimum Gasteiger partial charge on any atom is -0.507 e. The summed E-state index contributed by atoms with van der Waals surface area (Å²) in [6.45, 7) is 1.77. The van der Waals surface area contributed by atoms with Gasteiger partial charge in [-0.1, -0.05) is 6.07 Å². The van der Waals surface area contributed by atoms with Gasteiger partial charge in [0.15, 0.2) is 0 Å². The molecule has 82 valence electrons. The second-order valence-corrected chi connectivity index (χ2v) is 3.41. The van der Waals surface area contributed by atoms with E-state index < -0.39 is 5.97 Å². The van der Waals surface area contributed by atoms with E-state index in [1.807, 2.05) is 0 Å². The van der Waals surface area contributed by atoms with Crippen LogP contribution in [-0.2, 0) is 4.79 Å². The minimum atomic E-state index is -1.04. The lowest BCUT2D eigenvalue weighted by Gasteiger charge is -1.93. The Bertz CT molecular complexity index is 578. The number of fused-ring (bicyclic) bond motifs is 1. The van der Waals surface area contributed by atoms with E-state index in [1.165, 1.54) is 6.08 Å². The lowest BCUT2D eigenvalue weighted by atomic mass is 10.1. The van der Waals surface area contributed by atoms with E-state index in [2.05, 4.69) is 0 Å². The third kappa shape index (κ3) is 1.65. The number of phenols is 1. The number of aromatic hydroxyl groups is 1. The maximum Gasteiger partial charge on any atom is 0.328 e. The number of carboxylic acids is 1. The van der Waals surface area contributed by atoms with Gasteiger partial charge in [-0.2, -0.15) is 0 Å². The van der Waals surface area contributed by atoms with Crippen molar-refractivity contribution in [3.8, 4) is 5.75 Å². The number of hydrogen-bond donors (Lipinski definition) is 2. The molecule has 0 aliphatic rings. The Morgan fingerprint density at radius 3 is 2.81 bits per heavy atom. The van der Waals surface area contributed by atoms with Crippen LogP contribution < -0.4 is 0 Å². The molecule has 4 nitrogen and oxygen atoms in total. The predicted octanol–water partition coefficient (Wildman–Crippen LogP) is 2.54. The standard InChI is InChI=1S/C12H10O4/c1-7-9(5-6-11(14)15)16-10-4-2-3-8(13)12(7)10/h2-6,13H,1H3,(H,14,15)/b6-5+. The van der Waals surface area contributed by atoms with Crippen LogP contribution in [0.5, 0.6) is 5.75 Å². The van der Waals surface area contributed by atoms with E-state index in [9.17, 15) is 9.90 Å². The maximum absolute atomic E-state index is 10.4. The molecule has 0 radical (unpaired) electrons. The number of aryl methyl sites for hydroxylation is 1. The molecule has 0 spiro atoms. The molecule has 0 aliphatic heterocycles. The number of carboxylic acid groups (broad SMARTS) is 1. The van der Waals surface area contributed by atoms with Crippen molar-refractivity contribution in [3.05, 3.63) is 35.6 Å². The first-order valence-corrected chi connectivity index (χ1v) is 4.71. The topological polar surface area (TPSA) is 70.7 Å². The predicted molar refractivity (Wildman–Crippen MR) is 59.3 cm³/mol. The summed E-state index contributed by atoms with van der Waals surface area (Å²) in [6.07, 6.45) is 2.37. The molecule has 0 unspecified atom stereocenters. The van der Waals surface area contributed by atoms with Gasteiger partial charge in [0.05, 0.1) is 5.39 Å². The van der Waals surface area contributed by atoms with Crippen LogP contribution in [0.15, 0.2) is 28.7 Å². The van der Waals surface area contributed by atoms with Crippen LogP contribution >= 0.6 is 0 Å². The molecule has 0 saturated heterocycles. The molecule has 16 heavy (non-hydrogen) atoms. The van der Waals surface area contributed by atoms with Crippen molar-refractivity contribution < 1.29 is 19.4 Å². The van der Waals surface area contributed by atoms with Crippen molar-refractivity contribution in [3.63, 3.8) is 0 Å². The minimum absolute atomic E-state index is 0.133. The van der Waals surface area contributed by atoms with Gasteiger partial charge >= 0.3 is 5.97 Å². The molecular formula is C12H10O4. The number of furan rings is 1. The number of hydrogen-bond acceptors (Lipinski definition) is 3. The summed E-state index contributed by atoms with van der Waals surface area (Å²) in [4.78, 5) is 10.4. The SMILES string of the molecule is Cc1c(/C=C/C(=O)O)oc2cccc(O)c12. The summed E-state index contributed by atoms with van der Waals surface area (Å²) < 4.78 is 5.42. The second-order valence-electron chi connectivity index (χ2n) is 3.41. The maximum atomic E-state index is 10.4. The first-order chi connectivity index (χ1) is 7.59. The summed E-state index contributed by atoms with van der Waals surface area (Å²) in [5.74, 6) is -0.461. The summed E-state index contributed by atoms with van der Waals surface area (Å²) in [7, 11) is 0. The third-order valence-corrected chi connectivity index (χ3v) is 2.35. The highest BCUT2D eigenvalue weighted by Gasteiger charge is 2.11. The molecule has 4 heteroatoms. The highest BCUT2D eigenvalue weighted by molar-refractivity contribution is 5.91. The Balaban J connectivity index is 2.61. The van der Waals surface area contributed by atoms with Gasteiger partial charge in [0, 0.05) is 11.6 Å². The van der Waals surface area contributed by atoms with E-state index in [0.717, 1.165) is 11.6 Å². The molecule has 2 N–H and O–H groups in total. The molecule has 0 bridgehead atoms. The Morgan fingerprint density at radius 1 is 1.44 bits per heavy atom. The number of benzene rings is 1. The van der Waals surface area contributed by atoms with Gasteiger partial charge in [-0.05, 0) is 25.1 Å². The molecule has 1 aromatic heterocycles. The van der Waals surface area contributed by atoms with Gasteiger partial charge in [-0.25, -0.2) is 4.79 Å². The Morgan fingerprint density at radius 2 is 2.19 bits per heavy atom. The van der Waals surface area contributed by atoms with E-state index in [0.29, 0.717) is 16.7 Å². The summed E-state index contributed by atoms with van der Waals surface area (Å²) in [5, 5.41) is 18.8. The fourth-order valence-corrected chi connectivity index (χ4v) is 1.61. The molecule has 0 saturated carbocycles. The van der Waals surface area contributed by atoms with Crippen molar-refractivity contribution >= 4 is 23.0 Å². The molecule has 0 amide bonds. The molecule has 2 rings (SSSR count). The number of phenolic OH excluding ortho intramolecular Hbond substituents is 1. The molecule has 0 atom stereocenters. The largest absolute Gasteiger partial charge is 0.507 e. The van der Waals surface area contributed by atoms with Gasteiger partial charge in [-0.15, -0.1) is 0 Å². The highest BCUT2D eigenvalue weighted by atomic mass is 16.4. The van der Waals surface area contributed by atoms with Gasteiger partial charge in [0.1, 0.15) is 17.1 Å². The number of carbonyl (C=O) groups is 1. The molecular weight excluding hydrogens is 208 g/mol. The normalized spacial score (nSPS) is 11.3. The van der Waals surface area contributed by atoms with Crippen LogP contribution in [0, 0.1) is 6.92 Å². The zero-order valence-corrected chi connectivity index (χ0v) is 8.60. The first kappa shape index (κ1) is 10.3. The van der Waals surface area contributed by atoms with Gasteiger partial charge in [0.2, 0.25) is 0 Å². The van der Waals surface area contributed by atoms with Crippen LogP contribution in [0.25, 0.3) is 17.0 Å². The van der Waals surface area contributed by atoms with E-state index in [4.69, 9.17) is 9.52 Å². The second kappa shape index (κ2) is 3.73. The van der Waals surface area contributed by atoms with Crippen molar-refractivity contribution in [2.75, 3.05) is 0 Å². The summed E-state index contributed by atoms with van der Waals surface area (Å²) >= 11 is 0. The average molecular weight is 218 g/mol. The third-order valence-electron chi connectivity index (χ3n) is 2.35. The van der Waals surface area contributed by atoms with Crippen molar-refractivity contribution in [2.45, 2.75) is 6.92 Å². The fourth-order valence-electron chi connectivity index (χ4n) is 1.61. The van der Waals surface area contributed by atoms with Crippen molar-refractivity contribution in [2.24, 2.45) is 0 Å². The zero-order chi connectivity index (χ0) is 11.7. The van der Waals surface area contributed by atoms with Gasteiger partial charge < -0.3 is 14.6 Å². The van der Waals surface area contributed by atoms with Gasteiger partial charge in [-0.3, -0.25) is 0 Å². The fraction of sp³-hybridized carbons (Fsp3) is 0.0833. The molecule has 1 heterocycles. The Hall–Kier alpha value is -2.23. The Kier molecular flexibility index (Phi) is 2.40. The van der Waals surface area contributed by atoms with Gasteiger partial charge in [0.25, 0.3) is 0 Å². The lowest BCUT2D eigenvalue weighted by Crippen LogP contribution is -1.85. The van der Waals surface area contributed by atoms with E-state index in [-0.39, 0.29) is 5.75 Å². The summed E-state index contributed by atoms with van der Waals surface area (Å²) in [5.41, 5.74) is 1.27. The molecule has 1 aromatic carbocycles. The van der Waals surface area contributed by atoms with Crippen LogP contribution in [0.1, 0.15) is 11.3 Å². The molecule has 0 fully saturated rings. The lowest BCUT2D eigenvalue weighted by molar-refractivity contribution is -0.131. The van der Waals surface area contributed by atoms with Crippen molar-refractivity contribution in [1.82, 2.24) is 0 Å². The smallest absolute Gasteiger partial charge is 0.328 e. The first-order valence-electron chi connectivity index (χ1n) is 4.71.